The Morgan fingerprint density at radius 1 is 1.40 bits per heavy atom. The van der Waals surface area contributed by atoms with E-state index in [4.69, 9.17) is 4.74 Å². The van der Waals surface area contributed by atoms with E-state index in [0.29, 0.717) is 18.5 Å². The van der Waals surface area contributed by atoms with Gasteiger partial charge in [-0.15, -0.1) is 0 Å². The summed E-state index contributed by atoms with van der Waals surface area (Å²) >= 11 is 0. The normalized spacial score (nSPS) is 35.5. The Balaban J connectivity index is 1.87. The summed E-state index contributed by atoms with van der Waals surface area (Å²) in [5.74, 6) is 0.939. The molecule has 0 aromatic rings. The number of ether oxygens (including phenoxy) is 1. The van der Waals surface area contributed by atoms with Gasteiger partial charge in [0.05, 0.1) is 7.11 Å². The predicted molar refractivity (Wildman–Crippen MR) is 73.5 cm³/mol. The first-order chi connectivity index (χ1) is 9.51. The minimum absolute atomic E-state index is 0.0287. The standard InChI is InChI=1S/C15H23N2O3/c1-10(2)13(17(7-4-8-17)15(19)20-3)14(18)16-6-5-11-9-12(11)16/h4,7,10-13H,5-6,8-9H2,1-3H3/q+1. The van der Waals surface area contributed by atoms with E-state index in [1.807, 2.05) is 31.0 Å². The summed E-state index contributed by atoms with van der Waals surface area (Å²) < 4.78 is 4.98. The molecular formula is C15H23N2O3+. The molecule has 2 heterocycles. The van der Waals surface area contributed by atoms with Crippen molar-refractivity contribution in [3.63, 3.8) is 0 Å². The fraction of sp³-hybridized carbons (Fsp3) is 0.733. The van der Waals surface area contributed by atoms with Crippen molar-refractivity contribution in [3.05, 3.63) is 12.3 Å². The summed E-state index contributed by atoms with van der Waals surface area (Å²) in [5, 5.41) is 0. The number of piperidine rings is 1. The first-order valence-corrected chi connectivity index (χ1v) is 7.45. The van der Waals surface area contributed by atoms with Gasteiger partial charge in [0.25, 0.3) is 5.91 Å². The largest absolute Gasteiger partial charge is 0.521 e. The molecule has 5 heteroatoms. The number of fused-ring (bicyclic) bond motifs is 1. The van der Waals surface area contributed by atoms with E-state index >= 15 is 0 Å². The molecule has 4 atom stereocenters. The lowest BCUT2D eigenvalue weighted by Gasteiger charge is -2.43. The molecule has 0 aromatic heterocycles. The third-order valence-electron chi connectivity index (χ3n) is 4.98. The van der Waals surface area contributed by atoms with Crippen LogP contribution in [-0.4, -0.2) is 53.7 Å². The molecule has 2 fully saturated rings. The molecule has 0 radical (unpaired) electrons. The zero-order valence-electron chi connectivity index (χ0n) is 12.4. The van der Waals surface area contributed by atoms with Crippen LogP contribution in [0.25, 0.3) is 0 Å². The number of methoxy groups -OCH3 is 1. The van der Waals surface area contributed by atoms with Crippen molar-refractivity contribution in [1.29, 1.82) is 0 Å². The highest BCUT2D eigenvalue weighted by molar-refractivity contribution is 5.84. The first kappa shape index (κ1) is 13.6. The monoisotopic (exact) mass is 279 g/mol. The van der Waals surface area contributed by atoms with E-state index in [-0.39, 0.29) is 28.4 Å². The summed E-state index contributed by atoms with van der Waals surface area (Å²) in [6.07, 6.45) is 5.68. The molecule has 0 N–H and O–H groups in total. The van der Waals surface area contributed by atoms with Crippen molar-refractivity contribution in [1.82, 2.24) is 4.90 Å². The maximum absolute atomic E-state index is 13.0. The van der Waals surface area contributed by atoms with Gasteiger partial charge in [0.1, 0.15) is 12.7 Å². The van der Waals surface area contributed by atoms with E-state index in [1.165, 1.54) is 7.11 Å². The molecule has 110 valence electrons. The van der Waals surface area contributed by atoms with Crippen LogP contribution in [0, 0.1) is 11.8 Å². The quantitative estimate of drug-likeness (QED) is 0.739. The molecule has 0 aromatic carbocycles. The lowest BCUT2D eigenvalue weighted by molar-refractivity contribution is -0.838. The van der Waals surface area contributed by atoms with Crippen molar-refractivity contribution < 1.29 is 18.8 Å². The van der Waals surface area contributed by atoms with Crippen molar-refractivity contribution >= 4 is 12.0 Å². The van der Waals surface area contributed by atoms with Gasteiger partial charge in [-0.1, -0.05) is 13.8 Å². The van der Waals surface area contributed by atoms with Crippen LogP contribution >= 0.6 is 0 Å². The van der Waals surface area contributed by atoms with E-state index in [9.17, 15) is 9.59 Å². The summed E-state index contributed by atoms with van der Waals surface area (Å²) in [7, 11) is 1.39. The van der Waals surface area contributed by atoms with Crippen LogP contribution in [0.5, 0.6) is 0 Å². The molecule has 20 heavy (non-hydrogen) atoms. The molecule has 2 amide bonds. The molecule has 0 bridgehead atoms. The first-order valence-electron chi connectivity index (χ1n) is 7.45. The molecule has 2 aliphatic heterocycles. The highest BCUT2D eigenvalue weighted by atomic mass is 16.5. The molecule has 3 rings (SSSR count). The second kappa shape index (κ2) is 4.58. The van der Waals surface area contributed by atoms with E-state index in [1.54, 1.807) is 0 Å². The molecule has 1 aliphatic carbocycles. The lowest BCUT2D eigenvalue weighted by atomic mass is 9.96. The zero-order chi connectivity index (χ0) is 14.5. The number of rotatable bonds is 3. The zero-order valence-corrected chi connectivity index (χ0v) is 12.4. The maximum atomic E-state index is 13.0. The van der Waals surface area contributed by atoms with Crippen LogP contribution in [0.1, 0.15) is 26.7 Å². The number of nitrogens with zero attached hydrogens (tertiary/aromatic N) is 2. The van der Waals surface area contributed by atoms with E-state index < -0.39 is 0 Å². The molecule has 1 saturated heterocycles. The Kier molecular flexibility index (Phi) is 3.12. The fourth-order valence-corrected chi connectivity index (χ4v) is 3.81. The van der Waals surface area contributed by atoms with Crippen LogP contribution in [0.3, 0.4) is 0 Å². The second-order valence-electron chi connectivity index (χ2n) is 6.54. The van der Waals surface area contributed by atoms with E-state index in [2.05, 4.69) is 0 Å². The number of hydrogen-bond acceptors (Lipinski definition) is 3. The minimum Gasteiger partial charge on any atom is -0.423 e. The Morgan fingerprint density at radius 3 is 2.45 bits per heavy atom. The van der Waals surface area contributed by atoms with Gasteiger partial charge in [-0.25, -0.2) is 0 Å². The number of carbonyl (C=O) groups excluding carboxylic acids is 2. The summed E-state index contributed by atoms with van der Waals surface area (Å²) in [6, 6.07) is 0.0819. The molecule has 0 spiro atoms. The average molecular weight is 279 g/mol. The van der Waals surface area contributed by atoms with Gasteiger partial charge in [0.15, 0.2) is 6.04 Å². The number of carbonyl (C=O) groups is 2. The topological polar surface area (TPSA) is 46.6 Å². The third kappa shape index (κ3) is 1.79. The lowest BCUT2D eigenvalue weighted by Crippen LogP contribution is -2.66. The third-order valence-corrected chi connectivity index (χ3v) is 4.98. The highest BCUT2D eigenvalue weighted by Gasteiger charge is 2.57. The second-order valence-corrected chi connectivity index (χ2v) is 6.54. The van der Waals surface area contributed by atoms with Gasteiger partial charge >= 0.3 is 6.09 Å². The SMILES string of the molecule is COC(=O)[N+]1(C(C(=O)N2CCC3CC32)C(C)C)C=CC1. The summed E-state index contributed by atoms with van der Waals surface area (Å²) in [4.78, 5) is 27.2. The highest BCUT2D eigenvalue weighted by Crippen LogP contribution is 2.45. The summed E-state index contributed by atoms with van der Waals surface area (Å²) in [5.41, 5.74) is 0. The molecule has 1 saturated carbocycles. The van der Waals surface area contributed by atoms with Crippen molar-refractivity contribution in [2.75, 3.05) is 20.2 Å². The molecule has 5 nitrogen and oxygen atoms in total. The van der Waals surface area contributed by atoms with Gasteiger partial charge < -0.3 is 9.64 Å². The molecule has 3 aliphatic rings. The van der Waals surface area contributed by atoms with Crippen molar-refractivity contribution in [3.8, 4) is 0 Å². The number of likely N-dealkylation sites (tertiary alicyclic amines) is 1. The Labute approximate surface area is 119 Å². The van der Waals surface area contributed by atoms with Crippen molar-refractivity contribution in [2.24, 2.45) is 11.8 Å². The smallest absolute Gasteiger partial charge is 0.423 e. The van der Waals surface area contributed by atoms with Gasteiger partial charge in [0.2, 0.25) is 0 Å². The van der Waals surface area contributed by atoms with Gasteiger partial charge in [-0.05, 0) is 18.8 Å². The van der Waals surface area contributed by atoms with Gasteiger partial charge in [-0.2, -0.15) is 9.28 Å². The number of hydrogen-bond donors (Lipinski definition) is 0. The number of amides is 2. The Morgan fingerprint density at radius 2 is 2.10 bits per heavy atom. The summed E-state index contributed by atoms with van der Waals surface area (Å²) in [6.45, 7) is 5.43. The van der Waals surface area contributed by atoms with Gasteiger partial charge in [-0.3, -0.25) is 4.79 Å². The molecule has 4 unspecified atom stereocenters. The van der Waals surface area contributed by atoms with Crippen molar-refractivity contribution in [2.45, 2.75) is 38.8 Å². The van der Waals surface area contributed by atoms with E-state index in [0.717, 1.165) is 19.4 Å². The molecular weight excluding hydrogens is 256 g/mol. The van der Waals surface area contributed by atoms with Crippen LogP contribution in [0.15, 0.2) is 12.3 Å². The van der Waals surface area contributed by atoms with Crippen LogP contribution in [0.4, 0.5) is 4.79 Å². The Hall–Kier alpha value is -1.36. The van der Waals surface area contributed by atoms with Gasteiger partial charge in [0, 0.05) is 24.6 Å². The minimum atomic E-state index is -0.355. The fourth-order valence-electron chi connectivity index (χ4n) is 3.81. The van der Waals surface area contributed by atoms with Crippen LogP contribution in [-0.2, 0) is 9.53 Å². The van der Waals surface area contributed by atoms with Crippen LogP contribution in [0.2, 0.25) is 0 Å². The Bertz CT molecular complexity index is 474. The number of quaternary nitrogens is 1. The van der Waals surface area contributed by atoms with Crippen LogP contribution < -0.4 is 0 Å². The maximum Gasteiger partial charge on any atom is 0.521 e. The average Bonchev–Trinajstić information content (AvgIpc) is 3.02. The predicted octanol–water partition coefficient (Wildman–Crippen LogP) is 1.74.